The predicted octanol–water partition coefficient (Wildman–Crippen LogP) is 2.20. The molecule has 4 heteroatoms. The third kappa shape index (κ3) is 2.64. The first-order valence-corrected chi connectivity index (χ1v) is 5.91. The van der Waals surface area contributed by atoms with Gasteiger partial charge in [0, 0.05) is 12.1 Å². The molecule has 2 rings (SSSR count). The van der Waals surface area contributed by atoms with Gasteiger partial charge in [0.15, 0.2) is 0 Å². The second kappa shape index (κ2) is 5.10. The molecular weight excluding hydrogens is 222 g/mol. The standard InChI is InChI=1S/C13H18F2N2/c1-17(8-12(14)15)11-7-6-9-4-2-3-5-10(9)13(11)16/h2-5,11-13H,6-8,16H2,1H3. The smallest absolute Gasteiger partial charge is 0.251 e. The van der Waals surface area contributed by atoms with Crippen LogP contribution in [0.25, 0.3) is 0 Å². The van der Waals surface area contributed by atoms with Gasteiger partial charge < -0.3 is 5.73 Å². The van der Waals surface area contributed by atoms with E-state index < -0.39 is 6.43 Å². The summed E-state index contributed by atoms with van der Waals surface area (Å²) in [6, 6.07) is 7.87. The summed E-state index contributed by atoms with van der Waals surface area (Å²) >= 11 is 0. The third-order valence-electron chi connectivity index (χ3n) is 3.53. The average Bonchev–Trinajstić information content (AvgIpc) is 2.28. The number of rotatable bonds is 3. The first-order chi connectivity index (χ1) is 8.09. The van der Waals surface area contributed by atoms with E-state index in [9.17, 15) is 8.78 Å². The normalized spacial score (nSPS) is 24.1. The summed E-state index contributed by atoms with van der Waals surface area (Å²) < 4.78 is 24.8. The maximum atomic E-state index is 12.4. The number of benzene rings is 1. The van der Waals surface area contributed by atoms with Crippen molar-refractivity contribution in [2.45, 2.75) is 31.4 Å². The molecule has 0 amide bonds. The molecule has 0 spiro atoms. The molecule has 1 aromatic rings. The van der Waals surface area contributed by atoms with Crippen molar-refractivity contribution in [3.05, 3.63) is 35.4 Å². The quantitative estimate of drug-likeness (QED) is 0.877. The lowest BCUT2D eigenvalue weighted by Gasteiger charge is -2.37. The number of hydrogen-bond donors (Lipinski definition) is 1. The Hall–Kier alpha value is -1.00. The molecule has 0 fully saturated rings. The number of hydrogen-bond acceptors (Lipinski definition) is 2. The van der Waals surface area contributed by atoms with Crippen LogP contribution in [0.4, 0.5) is 8.78 Å². The Morgan fingerprint density at radius 2 is 2.12 bits per heavy atom. The van der Waals surface area contributed by atoms with E-state index in [0.717, 1.165) is 18.4 Å². The monoisotopic (exact) mass is 240 g/mol. The molecule has 0 heterocycles. The summed E-state index contributed by atoms with van der Waals surface area (Å²) in [6.07, 6.45) is -0.534. The SMILES string of the molecule is CN(CC(F)F)C1CCc2ccccc2C1N. The Bertz CT molecular complexity index is 381. The molecule has 1 aliphatic rings. The molecule has 2 nitrogen and oxygen atoms in total. The van der Waals surface area contributed by atoms with Gasteiger partial charge in [0.1, 0.15) is 0 Å². The lowest BCUT2D eigenvalue weighted by molar-refractivity contribution is 0.0697. The lowest BCUT2D eigenvalue weighted by atomic mass is 9.84. The number of nitrogens with zero attached hydrogens (tertiary/aromatic N) is 1. The summed E-state index contributed by atoms with van der Waals surface area (Å²) in [5.41, 5.74) is 8.53. The lowest BCUT2D eigenvalue weighted by Crippen LogP contribution is -2.45. The number of alkyl halides is 2. The molecule has 94 valence electrons. The van der Waals surface area contributed by atoms with Crippen LogP contribution in [0.2, 0.25) is 0 Å². The Balaban J connectivity index is 2.14. The van der Waals surface area contributed by atoms with Gasteiger partial charge in [-0.25, -0.2) is 8.78 Å². The molecule has 0 radical (unpaired) electrons. The fourth-order valence-electron chi connectivity index (χ4n) is 2.62. The minimum Gasteiger partial charge on any atom is -0.323 e. The average molecular weight is 240 g/mol. The molecule has 2 unspecified atom stereocenters. The maximum Gasteiger partial charge on any atom is 0.251 e. The summed E-state index contributed by atoms with van der Waals surface area (Å²) in [6.45, 7) is -0.208. The highest BCUT2D eigenvalue weighted by atomic mass is 19.3. The van der Waals surface area contributed by atoms with E-state index in [1.807, 2.05) is 18.2 Å². The Morgan fingerprint density at radius 1 is 1.41 bits per heavy atom. The van der Waals surface area contributed by atoms with Gasteiger partial charge in [0.2, 0.25) is 0 Å². The van der Waals surface area contributed by atoms with Gasteiger partial charge >= 0.3 is 0 Å². The fourth-order valence-corrected chi connectivity index (χ4v) is 2.62. The van der Waals surface area contributed by atoms with Crippen LogP contribution in [0.15, 0.2) is 24.3 Å². The Morgan fingerprint density at radius 3 is 2.82 bits per heavy atom. The summed E-state index contributed by atoms with van der Waals surface area (Å²) in [7, 11) is 1.73. The molecule has 2 atom stereocenters. The number of aryl methyl sites for hydroxylation is 1. The van der Waals surface area contributed by atoms with Crippen molar-refractivity contribution in [3.8, 4) is 0 Å². The van der Waals surface area contributed by atoms with E-state index in [2.05, 4.69) is 6.07 Å². The van der Waals surface area contributed by atoms with Crippen molar-refractivity contribution in [2.24, 2.45) is 5.73 Å². The van der Waals surface area contributed by atoms with Crippen molar-refractivity contribution in [1.29, 1.82) is 0 Å². The van der Waals surface area contributed by atoms with E-state index >= 15 is 0 Å². The van der Waals surface area contributed by atoms with E-state index in [0.29, 0.717) is 0 Å². The summed E-state index contributed by atoms with van der Waals surface area (Å²) in [4.78, 5) is 1.69. The van der Waals surface area contributed by atoms with Gasteiger partial charge in [-0.1, -0.05) is 24.3 Å². The zero-order chi connectivity index (χ0) is 12.4. The Kier molecular flexibility index (Phi) is 3.74. The molecule has 1 aliphatic carbocycles. The topological polar surface area (TPSA) is 29.3 Å². The van der Waals surface area contributed by atoms with Crippen molar-refractivity contribution < 1.29 is 8.78 Å². The van der Waals surface area contributed by atoms with Crippen LogP contribution in [0.3, 0.4) is 0 Å². The van der Waals surface area contributed by atoms with Crippen LogP contribution in [0.5, 0.6) is 0 Å². The molecular formula is C13H18F2N2. The third-order valence-corrected chi connectivity index (χ3v) is 3.53. The molecule has 0 aliphatic heterocycles. The van der Waals surface area contributed by atoms with Crippen molar-refractivity contribution >= 4 is 0 Å². The van der Waals surface area contributed by atoms with Gasteiger partial charge in [0.25, 0.3) is 6.43 Å². The maximum absolute atomic E-state index is 12.4. The highest BCUT2D eigenvalue weighted by Crippen LogP contribution is 2.30. The fraction of sp³-hybridized carbons (Fsp3) is 0.538. The molecule has 17 heavy (non-hydrogen) atoms. The number of nitrogens with two attached hydrogens (primary N) is 1. The summed E-state index contributed by atoms with van der Waals surface area (Å²) in [5.74, 6) is 0. The van der Waals surface area contributed by atoms with Crippen LogP contribution in [0.1, 0.15) is 23.6 Å². The van der Waals surface area contributed by atoms with Crippen molar-refractivity contribution in [1.82, 2.24) is 4.90 Å². The minimum absolute atomic E-state index is 0.0129. The zero-order valence-electron chi connectivity index (χ0n) is 9.94. The second-order valence-electron chi connectivity index (χ2n) is 4.66. The van der Waals surface area contributed by atoms with Crippen molar-refractivity contribution in [3.63, 3.8) is 0 Å². The van der Waals surface area contributed by atoms with Crippen LogP contribution < -0.4 is 5.73 Å². The highest BCUT2D eigenvalue weighted by molar-refractivity contribution is 5.33. The molecule has 0 aromatic heterocycles. The largest absolute Gasteiger partial charge is 0.323 e. The number of halogens is 2. The van der Waals surface area contributed by atoms with Crippen LogP contribution >= 0.6 is 0 Å². The predicted molar refractivity (Wildman–Crippen MR) is 64.1 cm³/mol. The number of likely N-dealkylation sites (N-methyl/N-ethyl adjacent to an activating group) is 1. The molecule has 1 aromatic carbocycles. The highest BCUT2D eigenvalue weighted by Gasteiger charge is 2.30. The minimum atomic E-state index is -2.30. The Labute approximate surface area is 100 Å². The van der Waals surface area contributed by atoms with E-state index in [1.54, 1.807) is 11.9 Å². The number of fused-ring (bicyclic) bond motifs is 1. The van der Waals surface area contributed by atoms with Gasteiger partial charge in [-0.3, -0.25) is 4.90 Å². The van der Waals surface area contributed by atoms with Gasteiger partial charge in [0.05, 0.1) is 6.54 Å². The van der Waals surface area contributed by atoms with E-state index in [-0.39, 0.29) is 18.6 Å². The van der Waals surface area contributed by atoms with E-state index in [1.165, 1.54) is 5.56 Å². The molecule has 0 saturated heterocycles. The van der Waals surface area contributed by atoms with Crippen LogP contribution in [0, 0.1) is 0 Å². The first kappa shape index (κ1) is 12.5. The zero-order valence-corrected chi connectivity index (χ0v) is 9.94. The first-order valence-electron chi connectivity index (χ1n) is 5.91. The van der Waals surface area contributed by atoms with E-state index in [4.69, 9.17) is 5.73 Å². The van der Waals surface area contributed by atoms with Crippen LogP contribution in [-0.4, -0.2) is 31.0 Å². The molecule has 0 saturated carbocycles. The molecule has 2 N–H and O–H groups in total. The van der Waals surface area contributed by atoms with Gasteiger partial charge in [-0.15, -0.1) is 0 Å². The molecule has 0 bridgehead atoms. The van der Waals surface area contributed by atoms with Gasteiger partial charge in [-0.2, -0.15) is 0 Å². The second-order valence-corrected chi connectivity index (χ2v) is 4.66. The summed E-state index contributed by atoms with van der Waals surface area (Å²) in [5, 5.41) is 0. The van der Waals surface area contributed by atoms with Gasteiger partial charge in [-0.05, 0) is 31.0 Å². The van der Waals surface area contributed by atoms with Crippen molar-refractivity contribution in [2.75, 3.05) is 13.6 Å². The van der Waals surface area contributed by atoms with Crippen LogP contribution in [-0.2, 0) is 6.42 Å².